The first-order chi connectivity index (χ1) is 13.5. The lowest BCUT2D eigenvalue weighted by Crippen LogP contribution is -2.51. The summed E-state index contributed by atoms with van der Waals surface area (Å²) in [5, 5.41) is 4.73. The molecule has 4 heteroatoms. The Morgan fingerprint density at radius 3 is 2.32 bits per heavy atom. The molecule has 28 heavy (non-hydrogen) atoms. The average Bonchev–Trinajstić information content (AvgIpc) is 3.03. The van der Waals surface area contributed by atoms with Crippen molar-refractivity contribution in [2.45, 2.75) is 65.7 Å². The summed E-state index contributed by atoms with van der Waals surface area (Å²) >= 11 is 0. The Hall–Kier alpha value is -2.10. The highest BCUT2D eigenvalue weighted by molar-refractivity contribution is 5.79. The van der Waals surface area contributed by atoms with Gasteiger partial charge in [0.05, 0.1) is 16.8 Å². The highest BCUT2D eigenvalue weighted by atomic mass is 16.5. The molecule has 0 aliphatic heterocycles. The number of hydrogen-bond acceptors (Lipinski definition) is 3. The van der Waals surface area contributed by atoms with E-state index in [4.69, 9.17) is 9.84 Å². The fourth-order valence-corrected chi connectivity index (χ4v) is 6.44. The molecule has 4 aliphatic rings. The molecule has 1 heterocycles. The van der Waals surface area contributed by atoms with E-state index < -0.39 is 0 Å². The number of aryl methyl sites for hydroxylation is 3. The number of nitrogens with zero attached hydrogens (tertiary/aromatic N) is 2. The predicted molar refractivity (Wildman–Crippen MR) is 109 cm³/mol. The summed E-state index contributed by atoms with van der Waals surface area (Å²) in [6.07, 6.45) is 7.87. The molecule has 4 aliphatic carbocycles. The number of ether oxygens (including phenoxy) is 1. The van der Waals surface area contributed by atoms with E-state index in [0.29, 0.717) is 5.88 Å². The maximum absolute atomic E-state index is 13.4. The summed E-state index contributed by atoms with van der Waals surface area (Å²) in [6, 6.07) is 8.24. The second-order valence-corrected chi connectivity index (χ2v) is 9.62. The molecule has 4 fully saturated rings. The monoisotopic (exact) mass is 378 g/mol. The van der Waals surface area contributed by atoms with Crippen molar-refractivity contribution in [2.24, 2.45) is 23.2 Å². The predicted octanol–water partition coefficient (Wildman–Crippen LogP) is 5.17. The Balaban J connectivity index is 1.47. The van der Waals surface area contributed by atoms with Crippen LogP contribution in [0.3, 0.4) is 0 Å². The second kappa shape index (κ2) is 6.47. The first-order valence-corrected chi connectivity index (χ1v) is 10.8. The first-order valence-electron chi connectivity index (χ1n) is 10.8. The van der Waals surface area contributed by atoms with Gasteiger partial charge in [-0.05, 0) is 88.2 Å². The second-order valence-electron chi connectivity index (χ2n) is 9.62. The van der Waals surface area contributed by atoms with Gasteiger partial charge in [-0.1, -0.05) is 24.6 Å². The van der Waals surface area contributed by atoms with Crippen molar-refractivity contribution in [3.05, 3.63) is 41.1 Å². The quantitative estimate of drug-likeness (QED) is 0.689. The highest BCUT2D eigenvalue weighted by Gasteiger charge is 2.55. The van der Waals surface area contributed by atoms with Crippen molar-refractivity contribution in [1.29, 1.82) is 0 Å². The Morgan fingerprint density at radius 1 is 1.11 bits per heavy atom. The standard InChI is InChI=1S/C24H30N2O2/c1-4-20-11-22(26(25-20)21-6-5-15(2)7-16(21)3)28-23(27)24-12-17-8-18(13-24)10-19(9-17)14-24/h5-7,11,17-19H,4,8-10,12-14H2,1-3H3. The summed E-state index contributed by atoms with van der Waals surface area (Å²) in [7, 11) is 0. The number of carbonyl (C=O) groups excluding carboxylic acids is 1. The molecule has 4 bridgehead atoms. The zero-order valence-corrected chi connectivity index (χ0v) is 17.2. The number of aromatic nitrogens is 2. The van der Waals surface area contributed by atoms with Gasteiger partial charge in [0.25, 0.3) is 0 Å². The van der Waals surface area contributed by atoms with Crippen LogP contribution in [0, 0.1) is 37.0 Å². The lowest BCUT2D eigenvalue weighted by Gasteiger charge is -2.55. The van der Waals surface area contributed by atoms with Crippen LogP contribution in [0.25, 0.3) is 5.69 Å². The molecular formula is C24H30N2O2. The lowest BCUT2D eigenvalue weighted by molar-refractivity contribution is -0.162. The topological polar surface area (TPSA) is 44.1 Å². The molecule has 0 saturated heterocycles. The number of rotatable bonds is 4. The van der Waals surface area contributed by atoms with E-state index in [2.05, 4.69) is 39.0 Å². The molecule has 0 spiro atoms. The van der Waals surface area contributed by atoms with Crippen LogP contribution in [0.5, 0.6) is 5.88 Å². The molecule has 0 atom stereocenters. The maximum Gasteiger partial charge on any atom is 0.318 e. The van der Waals surface area contributed by atoms with Gasteiger partial charge in [-0.15, -0.1) is 0 Å². The summed E-state index contributed by atoms with van der Waals surface area (Å²) in [6.45, 7) is 6.25. The van der Waals surface area contributed by atoms with Gasteiger partial charge < -0.3 is 4.74 Å². The number of benzene rings is 1. The van der Waals surface area contributed by atoms with Crippen molar-refractivity contribution in [2.75, 3.05) is 0 Å². The smallest absolute Gasteiger partial charge is 0.318 e. The number of esters is 1. The minimum atomic E-state index is -0.251. The maximum atomic E-state index is 13.4. The van der Waals surface area contributed by atoms with Gasteiger partial charge in [0.1, 0.15) is 0 Å². The van der Waals surface area contributed by atoms with Crippen LogP contribution >= 0.6 is 0 Å². The Bertz CT molecular complexity index is 891. The molecule has 2 aromatic rings. The molecule has 0 N–H and O–H groups in total. The van der Waals surface area contributed by atoms with Crippen molar-refractivity contribution in [3.63, 3.8) is 0 Å². The fraction of sp³-hybridized carbons (Fsp3) is 0.583. The van der Waals surface area contributed by atoms with E-state index in [9.17, 15) is 4.79 Å². The molecular weight excluding hydrogens is 348 g/mol. The van der Waals surface area contributed by atoms with E-state index in [1.165, 1.54) is 24.8 Å². The third kappa shape index (κ3) is 2.89. The van der Waals surface area contributed by atoms with Crippen LogP contribution in [0.2, 0.25) is 0 Å². The molecule has 4 saturated carbocycles. The van der Waals surface area contributed by atoms with Crippen molar-refractivity contribution in [3.8, 4) is 11.6 Å². The lowest BCUT2D eigenvalue weighted by atomic mass is 9.49. The molecule has 0 amide bonds. The molecule has 148 valence electrons. The summed E-state index contributed by atoms with van der Waals surface area (Å²) in [4.78, 5) is 13.4. The number of hydrogen-bond donors (Lipinski definition) is 0. The molecule has 1 aromatic heterocycles. The van der Waals surface area contributed by atoms with Crippen molar-refractivity contribution >= 4 is 5.97 Å². The molecule has 0 radical (unpaired) electrons. The zero-order valence-electron chi connectivity index (χ0n) is 17.2. The van der Waals surface area contributed by atoms with Gasteiger partial charge in [-0.3, -0.25) is 4.79 Å². The average molecular weight is 379 g/mol. The van der Waals surface area contributed by atoms with Gasteiger partial charge in [-0.2, -0.15) is 5.10 Å². The van der Waals surface area contributed by atoms with Crippen LogP contribution in [-0.4, -0.2) is 15.7 Å². The van der Waals surface area contributed by atoms with E-state index in [1.54, 1.807) is 0 Å². The molecule has 6 rings (SSSR count). The van der Waals surface area contributed by atoms with Crippen molar-refractivity contribution in [1.82, 2.24) is 9.78 Å². The van der Waals surface area contributed by atoms with Crippen LogP contribution < -0.4 is 4.74 Å². The zero-order chi connectivity index (χ0) is 19.5. The van der Waals surface area contributed by atoms with Crippen molar-refractivity contribution < 1.29 is 9.53 Å². The molecule has 1 aromatic carbocycles. The fourth-order valence-electron chi connectivity index (χ4n) is 6.44. The first kappa shape index (κ1) is 18.0. The van der Waals surface area contributed by atoms with E-state index >= 15 is 0 Å². The van der Waals surface area contributed by atoms with Crippen LogP contribution in [0.15, 0.2) is 24.3 Å². The minimum absolute atomic E-state index is 0.0137. The van der Waals surface area contributed by atoms with Gasteiger partial charge in [-0.25, -0.2) is 4.68 Å². The highest BCUT2D eigenvalue weighted by Crippen LogP contribution is 2.60. The van der Waals surface area contributed by atoms with Gasteiger partial charge in [0.15, 0.2) is 0 Å². The Kier molecular flexibility index (Phi) is 4.15. The van der Waals surface area contributed by atoms with E-state index in [1.807, 2.05) is 10.7 Å². The van der Waals surface area contributed by atoms with E-state index in [0.717, 1.165) is 60.4 Å². The summed E-state index contributed by atoms with van der Waals surface area (Å²) in [5.74, 6) is 2.75. The van der Waals surface area contributed by atoms with Gasteiger partial charge >= 0.3 is 5.97 Å². The summed E-state index contributed by atoms with van der Waals surface area (Å²) < 4.78 is 7.94. The largest absolute Gasteiger partial charge is 0.407 e. The SMILES string of the molecule is CCc1cc(OC(=O)C23CC4CC(CC(C4)C2)C3)n(-c2ccc(C)cc2C)n1. The Labute approximate surface area is 167 Å². The Morgan fingerprint density at radius 2 is 1.75 bits per heavy atom. The normalized spacial score (nSPS) is 30.6. The van der Waals surface area contributed by atoms with E-state index in [-0.39, 0.29) is 11.4 Å². The third-order valence-electron chi connectivity index (χ3n) is 7.34. The number of carbonyl (C=O) groups is 1. The van der Waals surface area contributed by atoms with Crippen LogP contribution in [0.4, 0.5) is 0 Å². The molecule has 0 unspecified atom stereocenters. The van der Waals surface area contributed by atoms with Gasteiger partial charge in [0.2, 0.25) is 5.88 Å². The third-order valence-corrected chi connectivity index (χ3v) is 7.34. The van der Waals surface area contributed by atoms with Crippen LogP contribution in [-0.2, 0) is 11.2 Å². The summed E-state index contributed by atoms with van der Waals surface area (Å²) in [5.41, 5.74) is 4.04. The molecule has 4 nitrogen and oxygen atoms in total. The minimum Gasteiger partial charge on any atom is -0.407 e. The van der Waals surface area contributed by atoms with Gasteiger partial charge in [0, 0.05) is 6.07 Å². The van der Waals surface area contributed by atoms with Crippen LogP contribution in [0.1, 0.15) is 62.3 Å².